The van der Waals surface area contributed by atoms with Crippen LogP contribution in [0.2, 0.25) is 0 Å². The first-order chi connectivity index (χ1) is 12.1. The van der Waals surface area contributed by atoms with Gasteiger partial charge in [-0.15, -0.1) is 0 Å². The third-order valence-electron chi connectivity index (χ3n) is 5.50. The van der Waals surface area contributed by atoms with E-state index in [0.29, 0.717) is 12.8 Å². The Morgan fingerprint density at radius 1 is 1.27 bits per heavy atom. The molecule has 2 rings (SSSR count). The van der Waals surface area contributed by atoms with E-state index in [9.17, 15) is 25.2 Å². The second kappa shape index (κ2) is 8.46. The molecule has 7 nitrogen and oxygen atoms in total. The van der Waals surface area contributed by atoms with Gasteiger partial charge in [0.1, 0.15) is 30.2 Å². The molecule has 1 aliphatic heterocycles. The van der Waals surface area contributed by atoms with E-state index in [0.717, 1.165) is 0 Å². The van der Waals surface area contributed by atoms with E-state index in [-0.39, 0.29) is 23.0 Å². The van der Waals surface area contributed by atoms with E-state index >= 15 is 0 Å². The molecule has 0 aromatic carbocycles. The van der Waals surface area contributed by atoms with E-state index in [2.05, 4.69) is 20.8 Å². The molecule has 150 valence electrons. The molecule has 1 aliphatic carbocycles. The SMILES string of the molecule is C[C@@H](/C=C/[C@@H]1[C@@H](C)CC(=O)CC1(C)C)O[C@@H]1O[C@H](CO)[C@@H](O)[C@H](O)[C@H]1O. The molecule has 0 aromatic rings. The van der Waals surface area contributed by atoms with Crippen LogP contribution in [0, 0.1) is 17.3 Å². The first-order valence-electron chi connectivity index (χ1n) is 9.22. The third kappa shape index (κ3) is 4.71. The minimum Gasteiger partial charge on any atom is -0.394 e. The molecule has 0 unspecified atom stereocenters. The molecule has 1 saturated heterocycles. The Labute approximate surface area is 154 Å². The van der Waals surface area contributed by atoms with Crippen molar-refractivity contribution in [3.05, 3.63) is 12.2 Å². The first kappa shape index (κ1) is 21.5. The monoisotopic (exact) mass is 372 g/mol. The first-order valence-corrected chi connectivity index (χ1v) is 9.22. The Morgan fingerprint density at radius 3 is 2.50 bits per heavy atom. The topological polar surface area (TPSA) is 116 Å². The summed E-state index contributed by atoms with van der Waals surface area (Å²) < 4.78 is 11.0. The zero-order valence-electron chi connectivity index (χ0n) is 15.9. The smallest absolute Gasteiger partial charge is 0.187 e. The molecule has 0 aromatic heterocycles. The molecular formula is C19H32O7. The summed E-state index contributed by atoms with van der Waals surface area (Å²) in [6, 6.07) is 0. The summed E-state index contributed by atoms with van der Waals surface area (Å²) in [6.07, 6.45) is -1.79. The van der Waals surface area contributed by atoms with Gasteiger partial charge >= 0.3 is 0 Å². The Hall–Kier alpha value is -0.830. The number of aliphatic hydroxyl groups is 4. The second-order valence-corrected chi connectivity index (χ2v) is 8.33. The van der Waals surface area contributed by atoms with Crippen LogP contribution in [-0.4, -0.2) is 69.6 Å². The number of Topliss-reactive ketones (excluding diaryl/α,β-unsaturated/α-hetero) is 1. The maximum absolute atomic E-state index is 11.8. The number of allylic oxidation sites excluding steroid dienone is 1. The Kier molecular flexibility index (Phi) is 6.98. The molecule has 0 radical (unpaired) electrons. The number of hydrogen-bond donors (Lipinski definition) is 4. The Balaban J connectivity index is 2.00. The van der Waals surface area contributed by atoms with Gasteiger partial charge in [-0.05, 0) is 24.2 Å². The van der Waals surface area contributed by atoms with Gasteiger partial charge in [0.2, 0.25) is 0 Å². The molecule has 4 N–H and O–H groups in total. The van der Waals surface area contributed by atoms with Gasteiger partial charge in [0.25, 0.3) is 0 Å². The molecule has 1 heterocycles. The average Bonchev–Trinajstić information content (AvgIpc) is 2.53. The van der Waals surface area contributed by atoms with E-state index in [4.69, 9.17) is 9.47 Å². The fraction of sp³-hybridized carbons (Fsp3) is 0.842. The highest BCUT2D eigenvalue weighted by Gasteiger charge is 2.44. The van der Waals surface area contributed by atoms with E-state index in [1.165, 1.54) is 0 Å². The van der Waals surface area contributed by atoms with Crippen molar-refractivity contribution >= 4 is 5.78 Å². The number of rotatable bonds is 5. The van der Waals surface area contributed by atoms with Crippen LogP contribution in [0.3, 0.4) is 0 Å². The van der Waals surface area contributed by atoms with Gasteiger partial charge in [0.05, 0.1) is 12.7 Å². The summed E-state index contributed by atoms with van der Waals surface area (Å²) in [5.41, 5.74) is -0.131. The second-order valence-electron chi connectivity index (χ2n) is 8.33. The lowest BCUT2D eigenvalue weighted by Crippen LogP contribution is -2.59. The van der Waals surface area contributed by atoms with Gasteiger partial charge < -0.3 is 29.9 Å². The summed E-state index contributed by atoms with van der Waals surface area (Å²) in [7, 11) is 0. The van der Waals surface area contributed by atoms with E-state index in [1.54, 1.807) is 6.92 Å². The highest BCUT2D eigenvalue weighted by molar-refractivity contribution is 5.80. The third-order valence-corrected chi connectivity index (χ3v) is 5.50. The Morgan fingerprint density at radius 2 is 1.92 bits per heavy atom. The van der Waals surface area contributed by atoms with Crippen LogP contribution < -0.4 is 0 Å². The minimum absolute atomic E-state index is 0.131. The van der Waals surface area contributed by atoms with Crippen molar-refractivity contribution in [3.63, 3.8) is 0 Å². The predicted molar refractivity (Wildman–Crippen MR) is 94.1 cm³/mol. The van der Waals surface area contributed by atoms with Gasteiger partial charge in [0, 0.05) is 12.8 Å². The normalized spacial score (nSPS) is 42.2. The maximum atomic E-state index is 11.8. The highest BCUT2D eigenvalue weighted by Crippen LogP contribution is 2.43. The number of ether oxygens (including phenoxy) is 2. The largest absolute Gasteiger partial charge is 0.394 e. The van der Waals surface area contributed by atoms with Crippen LogP contribution in [0.25, 0.3) is 0 Å². The molecule has 0 amide bonds. The van der Waals surface area contributed by atoms with Crippen molar-refractivity contribution in [2.24, 2.45) is 17.3 Å². The number of carbonyl (C=O) groups is 1. The van der Waals surface area contributed by atoms with Crippen molar-refractivity contribution in [1.29, 1.82) is 0 Å². The molecule has 7 heteroatoms. The molecule has 0 bridgehead atoms. The lowest BCUT2D eigenvalue weighted by Gasteiger charge is -2.41. The summed E-state index contributed by atoms with van der Waals surface area (Å²) >= 11 is 0. The van der Waals surface area contributed by atoms with Crippen LogP contribution in [0.4, 0.5) is 0 Å². The number of ketones is 1. The van der Waals surface area contributed by atoms with Crippen molar-refractivity contribution in [2.75, 3.05) is 6.61 Å². The van der Waals surface area contributed by atoms with Crippen LogP contribution >= 0.6 is 0 Å². The van der Waals surface area contributed by atoms with Crippen molar-refractivity contribution in [3.8, 4) is 0 Å². The van der Waals surface area contributed by atoms with E-state index < -0.39 is 43.4 Å². The summed E-state index contributed by atoms with van der Waals surface area (Å²) in [5.74, 6) is 0.751. The minimum atomic E-state index is -1.45. The van der Waals surface area contributed by atoms with Crippen LogP contribution in [0.1, 0.15) is 40.5 Å². The average molecular weight is 372 g/mol. The molecule has 0 spiro atoms. The predicted octanol–water partition coefficient (Wildman–Crippen LogP) is 0.389. The fourth-order valence-electron chi connectivity index (χ4n) is 4.12. The lowest BCUT2D eigenvalue weighted by atomic mass is 9.63. The molecular weight excluding hydrogens is 340 g/mol. The number of hydrogen-bond acceptors (Lipinski definition) is 7. The van der Waals surface area contributed by atoms with Gasteiger partial charge in [-0.3, -0.25) is 4.79 Å². The van der Waals surface area contributed by atoms with Gasteiger partial charge in [0.15, 0.2) is 6.29 Å². The standard InChI is InChI=1S/C19H32O7/c1-10-7-12(21)8-19(3,4)13(10)6-5-11(2)25-18-17(24)16(23)15(22)14(9-20)26-18/h5-6,10-11,13-18,20,22-24H,7-9H2,1-4H3/b6-5+/t10-,11-,13+,14+,15+,16-,17+,18+/m0/s1. The molecule has 8 atom stereocenters. The van der Waals surface area contributed by atoms with E-state index in [1.807, 2.05) is 12.2 Å². The quantitative estimate of drug-likeness (QED) is 0.516. The van der Waals surface area contributed by atoms with Crippen LogP contribution in [-0.2, 0) is 14.3 Å². The van der Waals surface area contributed by atoms with Gasteiger partial charge in [-0.25, -0.2) is 0 Å². The number of carbonyl (C=O) groups excluding carboxylic acids is 1. The number of aliphatic hydroxyl groups excluding tert-OH is 4. The molecule has 26 heavy (non-hydrogen) atoms. The molecule has 2 fully saturated rings. The van der Waals surface area contributed by atoms with Gasteiger partial charge in [-0.1, -0.05) is 32.9 Å². The fourth-order valence-corrected chi connectivity index (χ4v) is 4.12. The zero-order chi connectivity index (χ0) is 19.6. The maximum Gasteiger partial charge on any atom is 0.187 e. The summed E-state index contributed by atoms with van der Waals surface area (Å²) in [5, 5.41) is 38.9. The highest BCUT2D eigenvalue weighted by atomic mass is 16.7. The molecule has 2 aliphatic rings. The van der Waals surface area contributed by atoms with Crippen molar-refractivity contribution in [2.45, 2.75) is 77.3 Å². The lowest BCUT2D eigenvalue weighted by molar-refractivity contribution is -0.306. The summed E-state index contributed by atoms with van der Waals surface area (Å²) in [6.45, 7) is 7.52. The zero-order valence-corrected chi connectivity index (χ0v) is 15.9. The summed E-state index contributed by atoms with van der Waals surface area (Å²) in [4.78, 5) is 11.8. The van der Waals surface area contributed by atoms with Crippen molar-refractivity contribution < 1.29 is 34.7 Å². The van der Waals surface area contributed by atoms with Gasteiger partial charge in [-0.2, -0.15) is 0 Å². The van der Waals surface area contributed by atoms with Crippen LogP contribution in [0.15, 0.2) is 12.2 Å². The Bertz CT molecular complexity index is 516. The van der Waals surface area contributed by atoms with Crippen molar-refractivity contribution in [1.82, 2.24) is 0 Å². The van der Waals surface area contributed by atoms with Crippen LogP contribution in [0.5, 0.6) is 0 Å². The molecule has 1 saturated carbocycles.